The zero-order valence-corrected chi connectivity index (χ0v) is 23.0. The number of carbonyl (C=O) groups is 1. The summed E-state index contributed by atoms with van der Waals surface area (Å²) in [5, 5.41) is 7.50. The van der Waals surface area contributed by atoms with Crippen LogP contribution in [0, 0.1) is 5.92 Å². The Morgan fingerprint density at radius 2 is 1.85 bits per heavy atom. The molecule has 1 amide bonds. The van der Waals surface area contributed by atoms with Gasteiger partial charge in [-0.25, -0.2) is 12.9 Å². The molecule has 3 aliphatic rings. The molecule has 3 aromatic rings. The van der Waals surface area contributed by atoms with Crippen LogP contribution < -0.4 is 19.7 Å². The number of hydrogen-bond donors (Lipinski definition) is 1. The minimum absolute atomic E-state index is 0.0107. The van der Waals surface area contributed by atoms with E-state index < -0.39 is 10.0 Å². The molecule has 2 aromatic heterocycles. The molecule has 1 aliphatic carbocycles. The fourth-order valence-corrected chi connectivity index (χ4v) is 6.30. The molecule has 0 radical (unpaired) electrons. The van der Waals surface area contributed by atoms with Crippen molar-refractivity contribution < 1.29 is 22.7 Å². The lowest BCUT2D eigenvalue weighted by Crippen LogP contribution is -2.48. The maximum absolute atomic E-state index is 11.9. The van der Waals surface area contributed by atoms with Crippen molar-refractivity contribution in [2.24, 2.45) is 5.92 Å². The average Bonchev–Trinajstić information content (AvgIpc) is 3.52. The molecule has 0 spiro atoms. The summed E-state index contributed by atoms with van der Waals surface area (Å²) in [6.07, 6.45) is 7.83. The molecule has 2 saturated heterocycles. The second kappa shape index (κ2) is 9.87. The number of sulfonamides is 1. The number of aromatic nitrogens is 2. The highest BCUT2D eigenvalue weighted by Gasteiger charge is 2.31. The van der Waals surface area contributed by atoms with Crippen molar-refractivity contribution in [2.75, 3.05) is 51.0 Å². The van der Waals surface area contributed by atoms with Gasteiger partial charge in [-0.05, 0) is 42.5 Å². The van der Waals surface area contributed by atoms with Crippen molar-refractivity contribution in [1.29, 1.82) is 0 Å². The number of carbonyl (C=O) groups excluding carboxylic acids is 1. The molecular weight excluding hydrogens is 518 g/mol. The van der Waals surface area contributed by atoms with Gasteiger partial charge in [-0.15, -0.1) is 0 Å². The van der Waals surface area contributed by atoms with Crippen LogP contribution >= 0.6 is 0 Å². The Hall–Kier alpha value is -3.57. The van der Waals surface area contributed by atoms with Crippen molar-refractivity contribution in [3.63, 3.8) is 0 Å². The zero-order valence-electron chi connectivity index (χ0n) is 22.2. The van der Waals surface area contributed by atoms with Gasteiger partial charge in [-0.1, -0.05) is 12.6 Å². The smallest absolute Gasteiger partial charge is 0.220 e. The summed E-state index contributed by atoms with van der Waals surface area (Å²) < 4.78 is 39.4. The van der Waals surface area contributed by atoms with Gasteiger partial charge in [0.25, 0.3) is 0 Å². The summed E-state index contributed by atoms with van der Waals surface area (Å²) in [6, 6.07) is 8.05. The first-order chi connectivity index (χ1) is 18.7. The van der Waals surface area contributed by atoms with Gasteiger partial charge in [0.2, 0.25) is 15.9 Å². The number of piperazine rings is 1. The Morgan fingerprint density at radius 1 is 1.10 bits per heavy atom. The molecule has 10 nitrogen and oxygen atoms in total. The number of benzene rings is 1. The fourth-order valence-electron chi connectivity index (χ4n) is 5.47. The minimum atomic E-state index is -3.20. The van der Waals surface area contributed by atoms with Gasteiger partial charge in [0.15, 0.2) is 5.75 Å². The highest BCUT2D eigenvalue weighted by atomic mass is 32.2. The van der Waals surface area contributed by atoms with E-state index in [-0.39, 0.29) is 11.8 Å². The third kappa shape index (κ3) is 5.08. The number of nitrogens with one attached hydrogen (secondary N) is 1. The van der Waals surface area contributed by atoms with Crippen molar-refractivity contribution in [1.82, 2.24) is 19.2 Å². The first-order valence-corrected chi connectivity index (χ1v) is 15.1. The lowest BCUT2D eigenvalue weighted by atomic mass is 10.0. The molecule has 206 valence electrons. The quantitative estimate of drug-likeness (QED) is 0.429. The molecule has 0 unspecified atom stereocenters. The molecule has 4 heterocycles. The highest BCUT2D eigenvalue weighted by molar-refractivity contribution is 7.88. The van der Waals surface area contributed by atoms with E-state index in [0.717, 1.165) is 35.2 Å². The van der Waals surface area contributed by atoms with Gasteiger partial charge in [0.05, 0.1) is 25.2 Å². The average molecular weight is 552 g/mol. The number of rotatable bonds is 8. The van der Waals surface area contributed by atoms with Crippen LogP contribution in [-0.4, -0.2) is 74.3 Å². The topological polar surface area (TPSA) is 105 Å². The fraction of sp³-hybridized carbons (Fsp3) is 0.429. The van der Waals surface area contributed by atoms with E-state index in [0.29, 0.717) is 62.3 Å². The van der Waals surface area contributed by atoms with Gasteiger partial charge in [0.1, 0.15) is 17.0 Å². The second-order valence-corrected chi connectivity index (χ2v) is 12.6. The normalized spacial score (nSPS) is 20.3. The van der Waals surface area contributed by atoms with E-state index in [1.165, 1.54) is 16.1 Å². The summed E-state index contributed by atoms with van der Waals surface area (Å²) in [6.45, 7) is 6.73. The maximum Gasteiger partial charge on any atom is 0.220 e. The highest BCUT2D eigenvalue weighted by Crippen LogP contribution is 2.45. The molecule has 1 saturated carbocycles. The van der Waals surface area contributed by atoms with Crippen molar-refractivity contribution >= 4 is 27.1 Å². The van der Waals surface area contributed by atoms with E-state index in [4.69, 9.17) is 9.47 Å². The second-order valence-electron chi connectivity index (χ2n) is 10.6. The number of pyridine rings is 1. The first-order valence-electron chi connectivity index (χ1n) is 13.2. The van der Waals surface area contributed by atoms with E-state index >= 15 is 0 Å². The SMILES string of the molecule is C=C(Oc1cc(-c2ccc(N3CCN(S(C)(=O)=O)CC3)c(OC)c2)cn2ncc(C3CC3)c12)[C@H]1CNC(=O)C1. The zero-order chi connectivity index (χ0) is 27.3. The molecule has 1 aromatic carbocycles. The summed E-state index contributed by atoms with van der Waals surface area (Å²) in [4.78, 5) is 13.9. The van der Waals surface area contributed by atoms with Crippen LogP contribution in [0.25, 0.3) is 16.6 Å². The number of amides is 1. The Labute approximate surface area is 228 Å². The molecule has 2 aliphatic heterocycles. The van der Waals surface area contributed by atoms with E-state index in [9.17, 15) is 13.2 Å². The number of anilines is 1. The number of nitrogens with zero attached hydrogens (tertiary/aromatic N) is 4. The minimum Gasteiger partial charge on any atom is -0.495 e. The third-order valence-electron chi connectivity index (χ3n) is 7.86. The van der Waals surface area contributed by atoms with Crippen LogP contribution in [0.3, 0.4) is 0 Å². The van der Waals surface area contributed by atoms with Crippen molar-refractivity contribution in [2.45, 2.75) is 25.2 Å². The van der Waals surface area contributed by atoms with Gasteiger partial charge >= 0.3 is 0 Å². The molecule has 39 heavy (non-hydrogen) atoms. The molecule has 0 bridgehead atoms. The Morgan fingerprint density at radius 3 is 2.49 bits per heavy atom. The van der Waals surface area contributed by atoms with Gasteiger partial charge in [-0.3, -0.25) is 4.79 Å². The van der Waals surface area contributed by atoms with Crippen LogP contribution in [-0.2, 0) is 14.8 Å². The lowest BCUT2D eigenvalue weighted by Gasteiger charge is -2.35. The summed E-state index contributed by atoms with van der Waals surface area (Å²) in [5.74, 6) is 2.38. The van der Waals surface area contributed by atoms with E-state index in [2.05, 4.69) is 21.9 Å². The largest absolute Gasteiger partial charge is 0.495 e. The van der Waals surface area contributed by atoms with Crippen LogP contribution in [0.15, 0.2) is 49.0 Å². The third-order valence-corrected chi connectivity index (χ3v) is 9.16. The van der Waals surface area contributed by atoms with Crippen LogP contribution in [0.5, 0.6) is 11.5 Å². The molecule has 1 atom stereocenters. The van der Waals surface area contributed by atoms with Crippen molar-refractivity contribution in [3.8, 4) is 22.6 Å². The molecular formula is C28H33N5O5S. The van der Waals surface area contributed by atoms with Crippen molar-refractivity contribution in [3.05, 3.63) is 54.6 Å². The molecule has 3 fully saturated rings. The summed E-state index contributed by atoms with van der Waals surface area (Å²) in [7, 11) is -1.56. The predicted octanol–water partition coefficient (Wildman–Crippen LogP) is 3.00. The summed E-state index contributed by atoms with van der Waals surface area (Å²) >= 11 is 0. The standard InChI is InChI=1S/C28H33N5O5S/c1-18(21-14-27(34)29-15-21)38-26-13-22(17-33-28(26)23(16-30-33)19-4-5-19)20-6-7-24(25(12-20)37-2)31-8-10-32(11-9-31)39(3,35)36/h6-7,12-13,16-17,19,21H,1,4-5,8-11,14-15H2,2-3H3,(H,29,34)/t21-/m1/s1. The molecule has 6 rings (SSSR count). The number of ether oxygens (including phenoxy) is 2. The van der Waals surface area contributed by atoms with Gasteiger partial charge in [-0.2, -0.15) is 9.40 Å². The number of methoxy groups -OCH3 is 1. The van der Waals surface area contributed by atoms with E-state index in [1.807, 2.05) is 41.2 Å². The Kier molecular flexibility index (Phi) is 6.50. The van der Waals surface area contributed by atoms with Crippen LogP contribution in [0.2, 0.25) is 0 Å². The number of hydrogen-bond acceptors (Lipinski definition) is 7. The Bertz CT molecular complexity index is 1550. The predicted molar refractivity (Wildman–Crippen MR) is 149 cm³/mol. The maximum atomic E-state index is 11.9. The summed E-state index contributed by atoms with van der Waals surface area (Å²) in [5.41, 5.74) is 4.87. The van der Waals surface area contributed by atoms with E-state index in [1.54, 1.807) is 7.11 Å². The molecule has 1 N–H and O–H groups in total. The first kappa shape index (κ1) is 25.7. The van der Waals surface area contributed by atoms with Gasteiger partial charge in [0, 0.05) is 62.4 Å². The molecule has 11 heteroatoms. The Balaban J connectivity index is 1.32. The van der Waals surface area contributed by atoms with Crippen LogP contribution in [0.1, 0.15) is 30.7 Å². The number of fused-ring (bicyclic) bond motifs is 1. The van der Waals surface area contributed by atoms with Gasteiger partial charge < -0.3 is 19.7 Å². The monoisotopic (exact) mass is 551 g/mol. The lowest BCUT2D eigenvalue weighted by molar-refractivity contribution is -0.119. The van der Waals surface area contributed by atoms with Crippen LogP contribution in [0.4, 0.5) is 5.69 Å².